The molecule has 1 unspecified atom stereocenters. The van der Waals surface area contributed by atoms with Gasteiger partial charge in [0.2, 0.25) is 0 Å². The molecule has 0 amide bonds. The van der Waals surface area contributed by atoms with E-state index in [1.807, 2.05) is 0 Å². The Morgan fingerprint density at radius 3 is 2.00 bits per heavy atom. The molecule has 0 N–H and O–H groups in total. The van der Waals surface area contributed by atoms with Gasteiger partial charge >= 0.3 is 42.8 Å². The SMILES string of the molecule is [SiH3][SiH](Cl)[GeH3]. The molecule has 1 atom stereocenters. The molecule has 0 aromatic rings. The van der Waals surface area contributed by atoms with E-state index in [4.69, 9.17) is 11.1 Å². The summed E-state index contributed by atoms with van der Waals surface area (Å²) in [5.74, 6) is 0. The van der Waals surface area contributed by atoms with Crippen LogP contribution in [0.15, 0.2) is 0 Å². The van der Waals surface area contributed by atoms with Gasteiger partial charge < -0.3 is 0 Å². The quantitative estimate of drug-likeness (QED) is 0.283. The van der Waals surface area contributed by atoms with Gasteiger partial charge in [-0.2, -0.15) is 0 Å². The first-order chi connectivity index (χ1) is 1.73. The molecule has 0 bridgehead atoms. The molecule has 0 nitrogen and oxygen atoms in total. The van der Waals surface area contributed by atoms with Crippen LogP contribution in [0.1, 0.15) is 0 Å². The van der Waals surface area contributed by atoms with Gasteiger partial charge in [0.1, 0.15) is 0 Å². The summed E-state index contributed by atoms with van der Waals surface area (Å²) in [5, 5.41) is 0. The molecule has 0 aromatic heterocycles. The van der Waals surface area contributed by atoms with Crippen molar-refractivity contribution in [2.45, 2.75) is 0 Å². The Morgan fingerprint density at radius 1 is 2.00 bits per heavy atom. The maximum absolute atomic E-state index is 5.56. The van der Waals surface area contributed by atoms with Crippen molar-refractivity contribution < 1.29 is 0 Å². The second kappa shape index (κ2) is 2.50. The van der Waals surface area contributed by atoms with Gasteiger partial charge in [-0.05, 0) is 0 Å². The van der Waals surface area contributed by atoms with Crippen molar-refractivity contribution >= 4 is 42.8 Å². The van der Waals surface area contributed by atoms with Gasteiger partial charge in [-0.25, -0.2) is 0 Å². The average molecular weight is 171 g/mol. The van der Waals surface area contributed by atoms with Crippen LogP contribution in [0.3, 0.4) is 0 Å². The standard InChI is InChI=1S/ClGeH7Si2/c1-4(2)3/h4H,2-3H3. The Morgan fingerprint density at radius 2 is 2.00 bits per heavy atom. The van der Waals surface area contributed by atoms with Gasteiger partial charge in [-0.1, -0.05) is 0 Å². The Labute approximate surface area is 43.1 Å². The third-order valence-corrected chi connectivity index (χ3v) is 0. The number of hydrogen-bond donors (Lipinski definition) is 0. The zero-order chi connectivity index (χ0) is 3.58. The van der Waals surface area contributed by atoms with Crippen LogP contribution in [0.25, 0.3) is 0 Å². The molecule has 0 aromatic carbocycles. The summed E-state index contributed by atoms with van der Waals surface area (Å²) >= 11 is 6.59. The molecule has 0 fully saturated rings. The molecule has 0 aliphatic heterocycles. The van der Waals surface area contributed by atoms with E-state index in [0.29, 0.717) is 0 Å². The van der Waals surface area contributed by atoms with E-state index in [9.17, 15) is 0 Å². The normalized spacial score (nSPS) is 17.2. The molecule has 0 spiro atoms. The van der Waals surface area contributed by atoms with Crippen LogP contribution in [-0.2, 0) is 0 Å². The van der Waals surface area contributed by atoms with Crippen LogP contribution in [0.4, 0.5) is 0 Å². The predicted molar refractivity (Wildman–Crippen MR) is 32.9 cm³/mol. The van der Waals surface area contributed by atoms with E-state index >= 15 is 0 Å². The molecule has 4 heavy (non-hydrogen) atoms. The number of hydrogen-bond acceptors (Lipinski definition) is 0. The van der Waals surface area contributed by atoms with Crippen molar-refractivity contribution in [1.82, 2.24) is 0 Å². The van der Waals surface area contributed by atoms with Gasteiger partial charge in [0, 0.05) is 0 Å². The fourth-order valence-corrected chi connectivity index (χ4v) is 0. The van der Waals surface area contributed by atoms with E-state index in [-0.39, 0.29) is 6.15 Å². The van der Waals surface area contributed by atoms with Crippen molar-refractivity contribution in [3.05, 3.63) is 0 Å². The molecule has 4 heteroatoms. The third kappa shape index (κ3) is 10.5. The summed E-state index contributed by atoms with van der Waals surface area (Å²) in [6.07, 6.45) is -0.340. The Hall–Kier alpha value is 1.27. The van der Waals surface area contributed by atoms with E-state index < -0.39 is 0 Å². The fraction of sp³-hybridized carbons (Fsp3) is 0. The second-order valence-corrected chi connectivity index (χ2v) is 43.1. The minimum atomic E-state index is -0.340. The van der Waals surface area contributed by atoms with Crippen LogP contribution < -0.4 is 0 Å². The summed E-state index contributed by atoms with van der Waals surface area (Å²) in [5.41, 5.74) is 0. The van der Waals surface area contributed by atoms with Crippen molar-refractivity contribution in [2.75, 3.05) is 0 Å². The van der Waals surface area contributed by atoms with Gasteiger partial charge in [0.15, 0.2) is 0 Å². The second-order valence-electron chi connectivity index (χ2n) is 1.01. The van der Waals surface area contributed by atoms with E-state index in [1.54, 1.807) is 0 Å². The van der Waals surface area contributed by atoms with Crippen molar-refractivity contribution in [3.63, 3.8) is 0 Å². The zero-order valence-corrected chi connectivity index (χ0v) is 11.1. The molecule has 0 saturated carbocycles. The van der Waals surface area contributed by atoms with E-state index in [2.05, 4.69) is 0 Å². The third-order valence-electron chi connectivity index (χ3n) is 0. The van der Waals surface area contributed by atoms with Crippen molar-refractivity contribution in [3.8, 4) is 0 Å². The number of rotatable bonds is 0. The number of halogens is 1. The molecular weight excluding hydrogens is 164 g/mol. The maximum atomic E-state index is 5.56. The van der Waals surface area contributed by atoms with Crippen molar-refractivity contribution in [2.24, 2.45) is 0 Å². The molecule has 26 valence electrons. The topological polar surface area (TPSA) is 0 Å². The Bertz CT molecular complexity index is 10.8. The van der Waals surface area contributed by atoms with E-state index in [0.717, 1.165) is 15.9 Å². The Kier molecular flexibility index (Phi) is 3.29. The summed E-state index contributed by atoms with van der Waals surface area (Å²) in [4.78, 5) is 0. The Balaban J connectivity index is 2.32. The molecule has 0 rings (SSSR count). The molecule has 0 heterocycles. The minimum absolute atomic E-state index is 0.340. The van der Waals surface area contributed by atoms with Crippen LogP contribution in [0.5, 0.6) is 0 Å². The molecular formula is H7ClGeSi2. The average Bonchev–Trinajstić information content (AvgIpc) is 0.811. The van der Waals surface area contributed by atoms with Crippen molar-refractivity contribution in [1.29, 1.82) is 0 Å². The van der Waals surface area contributed by atoms with Gasteiger partial charge in [0.05, 0.1) is 0 Å². The summed E-state index contributed by atoms with van der Waals surface area (Å²) in [6.45, 7) is 0. The van der Waals surface area contributed by atoms with Gasteiger partial charge in [-0.15, -0.1) is 0 Å². The predicted octanol–water partition coefficient (Wildman–Crippen LogP) is -2.33. The molecule has 0 aliphatic carbocycles. The molecule has 0 saturated heterocycles. The zero-order valence-electron chi connectivity index (χ0n) is 2.96. The van der Waals surface area contributed by atoms with Crippen LogP contribution in [0.2, 0.25) is 0 Å². The van der Waals surface area contributed by atoms with E-state index in [1.165, 1.54) is 9.76 Å². The van der Waals surface area contributed by atoms with Crippen LogP contribution in [-0.4, -0.2) is 31.8 Å². The molecule has 0 radical (unpaired) electrons. The first kappa shape index (κ1) is 5.27. The van der Waals surface area contributed by atoms with Gasteiger partial charge in [-0.3, -0.25) is 0 Å². The van der Waals surface area contributed by atoms with Crippen LogP contribution >= 0.6 is 11.1 Å². The fourth-order valence-electron chi connectivity index (χ4n) is 0. The summed E-state index contributed by atoms with van der Waals surface area (Å²) < 4.78 is 0. The first-order valence-corrected chi connectivity index (χ1v) is 16.2. The first-order valence-electron chi connectivity index (χ1n) is 1.37. The van der Waals surface area contributed by atoms with Crippen LogP contribution in [0, 0.1) is 0 Å². The monoisotopic (exact) mass is 172 g/mol. The summed E-state index contributed by atoms with van der Waals surface area (Å²) in [6, 6.07) is 0. The summed E-state index contributed by atoms with van der Waals surface area (Å²) in [7, 11) is 1.34. The molecule has 0 aliphatic rings. The van der Waals surface area contributed by atoms with Gasteiger partial charge in [0.25, 0.3) is 0 Å².